The third kappa shape index (κ3) is 2.46. The molecule has 0 atom stereocenters. The van der Waals surface area contributed by atoms with Crippen molar-refractivity contribution in [1.82, 2.24) is 0 Å². The summed E-state index contributed by atoms with van der Waals surface area (Å²) in [5.74, 6) is 0. The molecule has 0 aliphatic heterocycles. The molecule has 2 heteroatoms. The Morgan fingerprint density at radius 3 is 2.09 bits per heavy atom. The Balaban J connectivity index is 3.04. The minimum atomic E-state index is 1.11. The average Bonchev–Trinajstić information content (AvgIpc) is 2.05. The summed E-state index contributed by atoms with van der Waals surface area (Å²) in [6.07, 6.45) is 0. The maximum atomic E-state index is 3.48. The van der Waals surface area contributed by atoms with Gasteiger partial charge in [0.05, 0.1) is 0 Å². The van der Waals surface area contributed by atoms with Crippen LogP contribution in [0.2, 0.25) is 0 Å². The molecule has 0 N–H and O–H groups in total. The van der Waals surface area contributed by atoms with Crippen molar-refractivity contribution in [3.8, 4) is 0 Å². The second kappa shape index (κ2) is 4.07. The molecule has 0 heterocycles. The monoisotopic (exact) mass is 274 g/mol. The normalized spacial score (nSPS) is 12.6. The van der Waals surface area contributed by atoms with Gasteiger partial charge in [0, 0.05) is 8.96 Å². The van der Waals surface area contributed by atoms with Crippen molar-refractivity contribution in [2.75, 3.05) is 0 Å². The molecule has 0 nitrogen and oxygen atoms in total. The minimum Gasteiger partial charge on any atom is -0.0622 e. The molecule has 0 radical (unpaired) electrons. The summed E-state index contributed by atoms with van der Waals surface area (Å²) >= 11 is 6.89. The highest BCUT2D eigenvalue weighted by Gasteiger charge is 1.97. The summed E-state index contributed by atoms with van der Waals surface area (Å²) in [7, 11) is 0. The zero-order chi connectivity index (χ0) is 8.27. The zero-order valence-electron chi connectivity index (χ0n) is 6.14. The lowest BCUT2D eigenvalue weighted by molar-refractivity contribution is 1.63. The number of benzene rings is 1. The van der Waals surface area contributed by atoms with Gasteiger partial charge in [0.1, 0.15) is 0 Å². The van der Waals surface area contributed by atoms with Crippen LogP contribution in [0.15, 0.2) is 34.8 Å². The first-order valence-electron chi connectivity index (χ1n) is 3.29. The number of halogens is 2. The largest absolute Gasteiger partial charge is 0.0622 e. The number of hydrogen-bond acceptors (Lipinski definition) is 0. The van der Waals surface area contributed by atoms with E-state index in [2.05, 4.69) is 44.0 Å². The van der Waals surface area contributed by atoms with Crippen molar-refractivity contribution in [2.24, 2.45) is 0 Å². The standard InChI is InChI=1S/C9H8Br2/c1-7(10)9(11)8-5-3-2-4-6-8/h2-6H,1H3/b9-7+. The Morgan fingerprint density at radius 1 is 1.09 bits per heavy atom. The van der Waals surface area contributed by atoms with Crippen LogP contribution in [0, 0.1) is 0 Å². The van der Waals surface area contributed by atoms with Gasteiger partial charge in [-0.3, -0.25) is 0 Å². The highest BCUT2D eigenvalue weighted by atomic mass is 79.9. The Kier molecular flexibility index (Phi) is 3.34. The summed E-state index contributed by atoms with van der Waals surface area (Å²) in [6, 6.07) is 10.2. The van der Waals surface area contributed by atoms with Crippen LogP contribution in [-0.2, 0) is 0 Å². The first kappa shape index (κ1) is 9.01. The molecule has 11 heavy (non-hydrogen) atoms. The Hall–Kier alpha value is -0.0800. The van der Waals surface area contributed by atoms with Crippen LogP contribution in [0.1, 0.15) is 12.5 Å². The van der Waals surface area contributed by atoms with Gasteiger partial charge < -0.3 is 0 Å². The fraction of sp³-hybridized carbons (Fsp3) is 0.111. The SMILES string of the molecule is C/C(Br)=C(\Br)c1ccccc1. The molecule has 0 aromatic heterocycles. The molecule has 0 bridgehead atoms. The van der Waals surface area contributed by atoms with E-state index < -0.39 is 0 Å². The van der Waals surface area contributed by atoms with Gasteiger partial charge in [-0.15, -0.1) is 0 Å². The van der Waals surface area contributed by atoms with Crippen molar-refractivity contribution < 1.29 is 0 Å². The summed E-state index contributed by atoms with van der Waals surface area (Å²) in [4.78, 5) is 0. The quantitative estimate of drug-likeness (QED) is 0.722. The van der Waals surface area contributed by atoms with E-state index >= 15 is 0 Å². The third-order valence-corrected chi connectivity index (χ3v) is 3.31. The van der Waals surface area contributed by atoms with E-state index in [0.717, 1.165) is 8.96 Å². The van der Waals surface area contributed by atoms with Crippen molar-refractivity contribution in [3.05, 3.63) is 40.4 Å². The molecular formula is C9H8Br2. The lowest BCUT2D eigenvalue weighted by atomic mass is 10.2. The molecule has 0 aliphatic rings. The molecular weight excluding hydrogens is 268 g/mol. The van der Waals surface area contributed by atoms with Gasteiger partial charge >= 0.3 is 0 Å². The summed E-state index contributed by atoms with van der Waals surface area (Å²) < 4.78 is 2.22. The minimum absolute atomic E-state index is 1.11. The van der Waals surface area contributed by atoms with Crippen LogP contribution in [0.25, 0.3) is 4.48 Å². The van der Waals surface area contributed by atoms with Crippen LogP contribution in [0.3, 0.4) is 0 Å². The van der Waals surface area contributed by atoms with Crippen LogP contribution >= 0.6 is 31.9 Å². The molecule has 0 amide bonds. The van der Waals surface area contributed by atoms with Gasteiger partial charge in [0.15, 0.2) is 0 Å². The lowest BCUT2D eigenvalue weighted by Gasteiger charge is -1.98. The Morgan fingerprint density at radius 2 is 1.64 bits per heavy atom. The molecule has 1 rings (SSSR count). The van der Waals surface area contributed by atoms with Gasteiger partial charge in [-0.05, 0) is 28.4 Å². The molecule has 0 fully saturated rings. The highest BCUT2D eigenvalue weighted by Crippen LogP contribution is 2.27. The Bertz CT molecular complexity index is 258. The van der Waals surface area contributed by atoms with E-state index in [1.54, 1.807) is 0 Å². The van der Waals surface area contributed by atoms with Crippen LogP contribution in [-0.4, -0.2) is 0 Å². The molecule has 1 aromatic carbocycles. The lowest BCUT2D eigenvalue weighted by Crippen LogP contribution is -1.74. The van der Waals surface area contributed by atoms with E-state index in [1.807, 2.05) is 25.1 Å². The first-order valence-corrected chi connectivity index (χ1v) is 4.87. The van der Waals surface area contributed by atoms with Gasteiger partial charge in [0.2, 0.25) is 0 Å². The van der Waals surface area contributed by atoms with E-state index in [-0.39, 0.29) is 0 Å². The molecule has 0 saturated heterocycles. The predicted octanol–water partition coefficient (Wildman–Crippen LogP) is 4.16. The third-order valence-electron chi connectivity index (χ3n) is 1.33. The number of rotatable bonds is 1. The van der Waals surface area contributed by atoms with Gasteiger partial charge in [0.25, 0.3) is 0 Å². The summed E-state index contributed by atoms with van der Waals surface area (Å²) in [5.41, 5.74) is 1.20. The maximum Gasteiger partial charge on any atom is 0.0346 e. The molecule has 0 saturated carbocycles. The van der Waals surface area contributed by atoms with Gasteiger partial charge in [-0.1, -0.05) is 46.3 Å². The second-order valence-corrected chi connectivity index (χ2v) is 4.20. The smallest absolute Gasteiger partial charge is 0.0346 e. The van der Waals surface area contributed by atoms with Crippen molar-refractivity contribution in [3.63, 3.8) is 0 Å². The first-order chi connectivity index (χ1) is 5.22. The Labute approximate surface area is 83.6 Å². The van der Waals surface area contributed by atoms with Gasteiger partial charge in [-0.2, -0.15) is 0 Å². The number of hydrogen-bond donors (Lipinski definition) is 0. The van der Waals surface area contributed by atoms with E-state index in [1.165, 1.54) is 5.56 Å². The van der Waals surface area contributed by atoms with Crippen LogP contribution in [0.5, 0.6) is 0 Å². The van der Waals surface area contributed by atoms with Crippen LogP contribution < -0.4 is 0 Å². The topological polar surface area (TPSA) is 0 Å². The summed E-state index contributed by atoms with van der Waals surface area (Å²) in [5, 5.41) is 0. The van der Waals surface area contributed by atoms with Crippen molar-refractivity contribution in [1.29, 1.82) is 0 Å². The molecule has 0 spiro atoms. The highest BCUT2D eigenvalue weighted by molar-refractivity contribution is 9.16. The predicted molar refractivity (Wildman–Crippen MR) is 56.9 cm³/mol. The molecule has 0 aliphatic carbocycles. The fourth-order valence-corrected chi connectivity index (χ4v) is 1.28. The van der Waals surface area contributed by atoms with E-state index in [0.29, 0.717) is 0 Å². The van der Waals surface area contributed by atoms with Crippen LogP contribution in [0.4, 0.5) is 0 Å². The van der Waals surface area contributed by atoms with Gasteiger partial charge in [-0.25, -0.2) is 0 Å². The van der Waals surface area contributed by atoms with E-state index in [9.17, 15) is 0 Å². The molecule has 1 aromatic rings. The molecule has 58 valence electrons. The average molecular weight is 276 g/mol. The fourth-order valence-electron chi connectivity index (χ4n) is 0.783. The second-order valence-electron chi connectivity index (χ2n) is 2.21. The van der Waals surface area contributed by atoms with Crippen molar-refractivity contribution >= 4 is 36.3 Å². The molecule has 0 unspecified atom stereocenters. The summed E-state index contributed by atoms with van der Waals surface area (Å²) in [6.45, 7) is 2.01. The number of allylic oxidation sites excluding steroid dienone is 1. The van der Waals surface area contributed by atoms with Crippen molar-refractivity contribution in [2.45, 2.75) is 6.92 Å². The van der Waals surface area contributed by atoms with E-state index in [4.69, 9.17) is 0 Å². The zero-order valence-corrected chi connectivity index (χ0v) is 9.31. The maximum absolute atomic E-state index is 3.48.